The van der Waals surface area contributed by atoms with Crippen molar-refractivity contribution < 1.29 is 14.3 Å². The summed E-state index contributed by atoms with van der Waals surface area (Å²) in [5.74, 6) is -0.544. The van der Waals surface area contributed by atoms with Crippen LogP contribution in [-0.4, -0.2) is 56.9 Å². The number of hydrogen-bond donors (Lipinski definition) is 3. The molecule has 6 N–H and O–H groups in total. The van der Waals surface area contributed by atoms with Crippen molar-refractivity contribution in [3.8, 4) is 0 Å². The largest absolute Gasteiger partial charge is 0.369 e. The van der Waals surface area contributed by atoms with Crippen molar-refractivity contribution in [1.29, 1.82) is 0 Å². The van der Waals surface area contributed by atoms with Crippen LogP contribution < -0.4 is 17.2 Å². The Bertz CT molecular complexity index is 1040. The van der Waals surface area contributed by atoms with Crippen LogP contribution >= 0.6 is 0 Å². The minimum atomic E-state index is -0.766. The lowest BCUT2D eigenvalue weighted by atomic mass is 10.1. The lowest BCUT2D eigenvalue weighted by Crippen LogP contribution is -2.48. The van der Waals surface area contributed by atoms with Crippen LogP contribution in [0.1, 0.15) is 45.0 Å². The molecule has 2 atom stereocenters. The normalized spacial score (nSPS) is 21.1. The fourth-order valence-corrected chi connectivity index (χ4v) is 3.88. The van der Waals surface area contributed by atoms with Crippen molar-refractivity contribution in [3.05, 3.63) is 36.0 Å². The SMILES string of the molecule is C/C=C/N=C(N)N(C[C@H]1OC(C)(C)O[C@@H]1Cn1c(N)nc2cc(C(N)=O)ccc21)C(C)C. The molecule has 0 unspecified atom stereocenters. The molecule has 0 aliphatic carbocycles. The maximum absolute atomic E-state index is 11.5. The van der Waals surface area contributed by atoms with E-state index >= 15 is 0 Å². The zero-order valence-corrected chi connectivity index (χ0v) is 19.3. The number of aromatic nitrogens is 2. The number of anilines is 1. The standard InChI is InChI=1S/C22H33N7O3/c1-6-9-26-20(24)28(13(2)3)11-17-18(32-22(4,5)31-17)12-29-16-8-7-14(19(23)30)10-15(16)27-21(29)25/h6-10,13,17-18H,11-12H2,1-5H3,(H2,23,30)(H2,24,26)(H2,25,27)/b9-6+/t17-,18-/m1/s1. The minimum absolute atomic E-state index is 0.114. The summed E-state index contributed by atoms with van der Waals surface area (Å²) in [6, 6.07) is 5.20. The Morgan fingerprint density at radius 1 is 1.31 bits per heavy atom. The minimum Gasteiger partial charge on any atom is -0.369 e. The number of nitrogens with zero attached hydrogens (tertiary/aromatic N) is 4. The molecule has 0 spiro atoms. The van der Waals surface area contributed by atoms with Gasteiger partial charge < -0.3 is 36.1 Å². The average Bonchev–Trinajstić information content (AvgIpc) is 3.18. The molecule has 1 aromatic carbocycles. The molecule has 1 aliphatic heterocycles. The van der Waals surface area contributed by atoms with Gasteiger partial charge in [-0.05, 0) is 52.8 Å². The molecule has 1 saturated heterocycles. The summed E-state index contributed by atoms with van der Waals surface area (Å²) in [5, 5.41) is 0. The van der Waals surface area contributed by atoms with Gasteiger partial charge in [-0.3, -0.25) is 4.79 Å². The number of hydrogen-bond acceptors (Lipinski definition) is 6. The summed E-state index contributed by atoms with van der Waals surface area (Å²) in [7, 11) is 0. The Hall–Kier alpha value is -3.11. The number of carbonyl (C=O) groups excluding carboxylic acids is 1. The summed E-state index contributed by atoms with van der Waals surface area (Å²) in [6.07, 6.45) is 2.89. The predicted molar refractivity (Wildman–Crippen MR) is 125 cm³/mol. The summed E-state index contributed by atoms with van der Waals surface area (Å²) >= 11 is 0. The van der Waals surface area contributed by atoms with Gasteiger partial charge in [-0.25, -0.2) is 9.98 Å². The molecule has 0 radical (unpaired) electrons. The number of nitrogens with two attached hydrogens (primary N) is 3. The molecule has 2 aromatic rings. The summed E-state index contributed by atoms with van der Waals surface area (Å²) in [6.45, 7) is 10.7. The number of primary amides is 1. The molecular formula is C22H33N7O3. The van der Waals surface area contributed by atoms with Crippen LogP contribution in [-0.2, 0) is 16.0 Å². The van der Waals surface area contributed by atoms with E-state index in [1.807, 2.05) is 50.2 Å². The molecule has 0 bridgehead atoms. The van der Waals surface area contributed by atoms with Gasteiger partial charge in [0.1, 0.15) is 12.2 Å². The predicted octanol–water partition coefficient (Wildman–Crippen LogP) is 1.80. The number of nitrogen functional groups attached to an aromatic ring is 1. The highest BCUT2D eigenvalue weighted by Crippen LogP contribution is 2.31. The number of imidazole rings is 1. The van der Waals surface area contributed by atoms with E-state index in [4.69, 9.17) is 26.7 Å². The second-order valence-electron chi connectivity index (χ2n) is 8.58. The van der Waals surface area contributed by atoms with Gasteiger partial charge in [0.2, 0.25) is 11.9 Å². The van der Waals surface area contributed by atoms with E-state index in [1.54, 1.807) is 24.4 Å². The summed E-state index contributed by atoms with van der Waals surface area (Å²) in [5.41, 5.74) is 19.6. The molecule has 3 rings (SSSR count). The molecule has 10 heteroatoms. The van der Waals surface area contributed by atoms with Gasteiger partial charge in [-0.1, -0.05) is 6.08 Å². The summed E-state index contributed by atoms with van der Waals surface area (Å²) in [4.78, 5) is 22.2. The van der Waals surface area contributed by atoms with Crippen molar-refractivity contribution in [2.45, 2.75) is 65.2 Å². The third-order valence-electron chi connectivity index (χ3n) is 5.36. The van der Waals surface area contributed by atoms with E-state index in [2.05, 4.69) is 9.98 Å². The summed E-state index contributed by atoms with van der Waals surface area (Å²) < 4.78 is 14.3. The van der Waals surface area contributed by atoms with Gasteiger partial charge in [0.25, 0.3) is 0 Å². The van der Waals surface area contributed by atoms with Gasteiger partial charge >= 0.3 is 0 Å². The van der Waals surface area contributed by atoms with Crippen molar-refractivity contribution in [1.82, 2.24) is 14.5 Å². The van der Waals surface area contributed by atoms with Crippen LogP contribution in [0.4, 0.5) is 5.95 Å². The fraction of sp³-hybridized carbons (Fsp3) is 0.500. The molecule has 10 nitrogen and oxygen atoms in total. The van der Waals surface area contributed by atoms with E-state index in [0.29, 0.717) is 36.1 Å². The monoisotopic (exact) mass is 443 g/mol. The van der Waals surface area contributed by atoms with E-state index < -0.39 is 11.7 Å². The zero-order valence-electron chi connectivity index (χ0n) is 19.3. The Morgan fingerprint density at radius 2 is 2.00 bits per heavy atom. The third-order valence-corrected chi connectivity index (χ3v) is 5.36. The number of allylic oxidation sites excluding steroid dienone is 1. The number of benzene rings is 1. The maximum Gasteiger partial charge on any atom is 0.248 e. The van der Waals surface area contributed by atoms with Crippen LogP contribution in [0.25, 0.3) is 11.0 Å². The number of fused-ring (bicyclic) bond motifs is 1. The van der Waals surface area contributed by atoms with Crippen molar-refractivity contribution in [2.24, 2.45) is 16.5 Å². The molecule has 2 heterocycles. The van der Waals surface area contributed by atoms with Gasteiger partial charge in [0.15, 0.2) is 11.7 Å². The fourth-order valence-electron chi connectivity index (χ4n) is 3.88. The molecular weight excluding hydrogens is 410 g/mol. The Morgan fingerprint density at radius 3 is 2.62 bits per heavy atom. The lowest BCUT2D eigenvalue weighted by Gasteiger charge is -2.31. The van der Waals surface area contributed by atoms with Gasteiger partial charge in [0, 0.05) is 17.8 Å². The molecule has 32 heavy (non-hydrogen) atoms. The number of aliphatic imine (C=N–C) groups is 1. The smallest absolute Gasteiger partial charge is 0.248 e. The first-order valence-corrected chi connectivity index (χ1v) is 10.6. The molecule has 1 aromatic heterocycles. The topological polar surface area (TPSA) is 147 Å². The van der Waals surface area contributed by atoms with Gasteiger partial charge in [0.05, 0.1) is 24.1 Å². The van der Waals surface area contributed by atoms with Gasteiger partial charge in [-0.15, -0.1) is 0 Å². The first-order chi connectivity index (χ1) is 15.0. The number of rotatable bonds is 7. The zero-order chi connectivity index (χ0) is 23.6. The Labute approximate surface area is 188 Å². The first-order valence-electron chi connectivity index (χ1n) is 10.6. The van der Waals surface area contributed by atoms with Crippen LogP contribution in [0.3, 0.4) is 0 Å². The van der Waals surface area contributed by atoms with Crippen molar-refractivity contribution in [3.63, 3.8) is 0 Å². The van der Waals surface area contributed by atoms with E-state index in [9.17, 15) is 4.79 Å². The maximum atomic E-state index is 11.5. The number of carbonyl (C=O) groups is 1. The van der Waals surface area contributed by atoms with Crippen LogP contribution in [0.15, 0.2) is 35.5 Å². The quantitative estimate of drug-likeness (QED) is 0.436. The Kier molecular flexibility index (Phi) is 6.75. The second-order valence-corrected chi connectivity index (χ2v) is 8.58. The number of ether oxygens (including phenoxy) is 2. The molecule has 1 amide bonds. The van der Waals surface area contributed by atoms with E-state index in [0.717, 1.165) is 5.52 Å². The third kappa shape index (κ3) is 5.03. The van der Waals surface area contributed by atoms with Crippen LogP contribution in [0, 0.1) is 0 Å². The number of guanidine groups is 1. The van der Waals surface area contributed by atoms with Crippen LogP contribution in [0.2, 0.25) is 0 Å². The Balaban J connectivity index is 1.89. The molecule has 0 saturated carbocycles. The van der Waals surface area contributed by atoms with Crippen molar-refractivity contribution in [2.75, 3.05) is 12.3 Å². The van der Waals surface area contributed by atoms with Gasteiger partial charge in [-0.2, -0.15) is 0 Å². The molecule has 1 aliphatic rings. The molecule has 174 valence electrons. The lowest BCUT2D eigenvalue weighted by molar-refractivity contribution is -0.148. The number of amides is 1. The van der Waals surface area contributed by atoms with E-state index in [1.165, 1.54) is 0 Å². The highest BCUT2D eigenvalue weighted by Gasteiger charge is 2.43. The highest BCUT2D eigenvalue weighted by molar-refractivity contribution is 5.96. The first kappa shape index (κ1) is 23.6. The second kappa shape index (κ2) is 9.17. The van der Waals surface area contributed by atoms with Crippen LogP contribution in [0.5, 0.6) is 0 Å². The van der Waals surface area contributed by atoms with E-state index in [-0.39, 0.29) is 18.2 Å². The van der Waals surface area contributed by atoms with Crippen molar-refractivity contribution >= 4 is 28.8 Å². The molecule has 1 fully saturated rings. The highest BCUT2D eigenvalue weighted by atomic mass is 16.8. The average molecular weight is 444 g/mol.